The largest absolute Gasteiger partial charge is 0.366 e. The van der Waals surface area contributed by atoms with Crippen molar-refractivity contribution in [3.05, 3.63) is 24.5 Å². The van der Waals surface area contributed by atoms with Gasteiger partial charge >= 0.3 is 0 Å². The van der Waals surface area contributed by atoms with E-state index in [4.69, 9.17) is 4.74 Å². The van der Waals surface area contributed by atoms with Gasteiger partial charge in [0.05, 0.1) is 5.60 Å². The van der Waals surface area contributed by atoms with E-state index in [1.807, 2.05) is 20.8 Å². The Morgan fingerprint density at radius 3 is 2.44 bits per heavy atom. The molecule has 0 saturated heterocycles. The maximum absolute atomic E-state index is 11.8. The van der Waals surface area contributed by atoms with Crippen LogP contribution in [0.2, 0.25) is 0 Å². The minimum Gasteiger partial charge on any atom is -0.366 e. The number of carbonyl (C=O) groups is 1. The molecule has 0 N–H and O–H groups in total. The number of amides is 1. The Balaban J connectivity index is 2.55. The molecule has 0 saturated carbocycles. The molecule has 0 aromatic carbocycles. The minimum absolute atomic E-state index is 0.0684. The third-order valence-corrected chi connectivity index (χ3v) is 2.05. The van der Waals surface area contributed by atoms with E-state index in [0.717, 1.165) is 5.69 Å². The molecule has 0 spiro atoms. The third kappa shape index (κ3) is 3.98. The number of likely N-dealkylation sites (N-methyl/N-ethyl adjacent to an activating group) is 1. The summed E-state index contributed by atoms with van der Waals surface area (Å²) in [6.07, 6.45) is 3.31. The standard InChI is InChI=1S/C12H18N2O2/c1-12(2,3)16-9-11(15)14(4)10-5-7-13-8-6-10/h5-8H,9H2,1-4H3. The number of hydrogen-bond acceptors (Lipinski definition) is 3. The van der Waals surface area contributed by atoms with Crippen LogP contribution >= 0.6 is 0 Å². The topological polar surface area (TPSA) is 42.4 Å². The van der Waals surface area contributed by atoms with E-state index < -0.39 is 0 Å². The third-order valence-electron chi connectivity index (χ3n) is 2.05. The minimum atomic E-state index is -0.297. The average molecular weight is 222 g/mol. The quantitative estimate of drug-likeness (QED) is 0.784. The van der Waals surface area contributed by atoms with Crippen molar-refractivity contribution in [1.29, 1.82) is 0 Å². The van der Waals surface area contributed by atoms with Gasteiger partial charge in [0.2, 0.25) is 0 Å². The van der Waals surface area contributed by atoms with Gasteiger partial charge in [0.15, 0.2) is 0 Å². The first-order valence-corrected chi connectivity index (χ1v) is 5.21. The van der Waals surface area contributed by atoms with Gasteiger partial charge < -0.3 is 9.64 Å². The van der Waals surface area contributed by atoms with Crippen molar-refractivity contribution in [2.24, 2.45) is 0 Å². The number of nitrogens with zero attached hydrogens (tertiary/aromatic N) is 2. The first kappa shape index (κ1) is 12.6. The van der Waals surface area contributed by atoms with Crippen LogP contribution in [0.3, 0.4) is 0 Å². The number of hydrogen-bond donors (Lipinski definition) is 0. The molecule has 0 radical (unpaired) electrons. The molecule has 1 aromatic rings. The van der Waals surface area contributed by atoms with Gasteiger partial charge in [-0.15, -0.1) is 0 Å². The molecule has 4 heteroatoms. The number of aromatic nitrogens is 1. The Labute approximate surface area is 96.2 Å². The van der Waals surface area contributed by atoms with Gasteiger partial charge in [-0.1, -0.05) is 0 Å². The summed E-state index contributed by atoms with van der Waals surface area (Å²) in [7, 11) is 1.73. The van der Waals surface area contributed by atoms with Gasteiger partial charge in [-0.3, -0.25) is 9.78 Å². The number of pyridine rings is 1. The summed E-state index contributed by atoms with van der Waals surface area (Å²) in [5.41, 5.74) is 0.520. The Morgan fingerprint density at radius 1 is 1.38 bits per heavy atom. The SMILES string of the molecule is CN(C(=O)COC(C)(C)C)c1ccncc1. The van der Waals surface area contributed by atoms with E-state index in [2.05, 4.69) is 4.98 Å². The molecular formula is C12H18N2O2. The highest BCUT2D eigenvalue weighted by molar-refractivity contribution is 5.93. The average Bonchev–Trinajstić information content (AvgIpc) is 2.25. The molecule has 0 aliphatic heterocycles. The molecule has 0 aliphatic rings. The van der Waals surface area contributed by atoms with Gasteiger partial charge in [0, 0.05) is 25.1 Å². The summed E-state index contributed by atoms with van der Waals surface area (Å²) >= 11 is 0. The van der Waals surface area contributed by atoms with Crippen LogP contribution in [0, 0.1) is 0 Å². The normalized spacial score (nSPS) is 11.2. The van der Waals surface area contributed by atoms with Crippen LogP contribution < -0.4 is 4.90 Å². The smallest absolute Gasteiger partial charge is 0.252 e. The monoisotopic (exact) mass is 222 g/mol. The lowest BCUT2D eigenvalue weighted by atomic mass is 10.2. The fourth-order valence-electron chi connectivity index (χ4n) is 1.09. The van der Waals surface area contributed by atoms with Crippen molar-refractivity contribution in [1.82, 2.24) is 4.98 Å². The van der Waals surface area contributed by atoms with Crippen LogP contribution in [0.15, 0.2) is 24.5 Å². The number of ether oxygens (including phenoxy) is 1. The van der Waals surface area contributed by atoms with Crippen molar-refractivity contribution in [2.45, 2.75) is 26.4 Å². The van der Waals surface area contributed by atoms with Crippen molar-refractivity contribution >= 4 is 11.6 Å². The summed E-state index contributed by atoms with van der Waals surface area (Å²) in [5, 5.41) is 0. The molecule has 0 bridgehead atoms. The van der Waals surface area contributed by atoms with Crippen LogP contribution in [-0.2, 0) is 9.53 Å². The van der Waals surface area contributed by atoms with Gasteiger partial charge in [0.25, 0.3) is 5.91 Å². The maximum atomic E-state index is 11.8. The van der Waals surface area contributed by atoms with Gasteiger partial charge in [-0.25, -0.2) is 0 Å². The van der Waals surface area contributed by atoms with Crippen LogP contribution in [0.25, 0.3) is 0 Å². The van der Waals surface area contributed by atoms with E-state index in [9.17, 15) is 4.79 Å². The lowest BCUT2D eigenvalue weighted by Crippen LogP contribution is -2.33. The fraction of sp³-hybridized carbons (Fsp3) is 0.500. The van der Waals surface area contributed by atoms with Crippen LogP contribution in [0.5, 0.6) is 0 Å². The molecule has 1 rings (SSSR count). The van der Waals surface area contributed by atoms with Gasteiger partial charge in [0.1, 0.15) is 6.61 Å². The molecule has 0 unspecified atom stereocenters. The summed E-state index contributed by atoms with van der Waals surface area (Å²) < 4.78 is 5.43. The van der Waals surface area contributed by atoms with Crippen molar-refractivity contribution < 1.29 is 9.53 Å². The Hall–Kier alpha value is -1.42. The van der Waals surface area contributed by atoms with Crippen molar-refractivity contribution in [2.75, 3.05) is 18.6 Å². The molecule has 4 nitrogen and oxygen atoms in total. The molecule has 16 heavy (non-hydrogen) atoms. The highest BCUT2D eigenvalue weighted by atomic mass is 16.5. The first-order valence-electron chi connectivity index (χ1n) is 5.21. The number of rotatable bonds is 3. The lowest BCUT2D eigenvalue weighted by Gasteiger charge is -2.22. The zero-order valence-corrected chi connectivity index (χ0v) is 10.2. The van der Waals surface area contributed by atoms with Crippen molar-refractivity contribution in [3.63, 3.8) is 0 Å². The summed E-state index contributed by atoms with van der Waals surface area (Å²) in [6.45, 7) is 5.86. The lowest BCUT2D eigenvalue weighted by molar-refractivity contribution is -0.127. The Morgan fingerprint density at radius 2 is 1.94 bits per heavy atom. The second-order valence-corrected chi connectivity index (χ2v) is 4.56. The van der Waals surface area contributed by atoms with E-state index in [0.29, 0.717) is 0 Å². The van der Waals surface area contributed by atoms with E-state index in [1.54, 1.807) is 36.5 Å². The zero-order valence-electron chi connectivity index (χ0n) is 10.2. The fourth-order valence-corrected chi connectivity index (χ4v) is 1.09. The number of carbonyl (C=O) groups excluding carboxylic acids is 1. The summed E-state index contributed by atoms with van der Waals surface area (Å²) in [4.78, 5) is 17.2. The maximum Gasteiger partial charge on any atom is 0.252 e. The van der Waals surface area contributed by atoms with E-state index in [1.165, 1.54) is 0 Å². The molecule has 88 valence electrons. The highest BCUT2D eigenvalue weighted by Crippen LogP contribution is 2.12. The van der Waals surface area contributed by atoms with Gasteiger partial charge in [-0.2, -0.15) is 0 Å². The molecule has 1 amide bonds. The summed E-state index contributed by atoms with van der Waals surface area (Å²) in [6, 6.07) is 3.57. The van der Waals surface area contributed by atoms with E-state index in [-0.39, 0.29) is 18.1 Å². The van der Waals surface area contributed by atoms with Crippen LogP contribution in [0.4, 0.5) is 5.69 Å². The van der Waals surface area contributed by atoms with Crippen LogP contribution in [-0.4, -0.2) is 30.1 Å². The predicted octanol–water partition coefficient (Wildman–Crippen LogP) is 1.86. The zero-order chi connectivity index (χ0) is 12.2. The Bertz CT molecular complexity index is 344. The second-order valence-electron chi connectivity index (χ2n) is 4.56. The van der Waals surface area contributed by atoms with Gasteiger partial charge in [-0.05, 0) is 32.9 Å². The molecule has 1 aromatic heterocycles. The molecule has 0 aliphatic carbocycles. The molecule has 0 fully saturated rings. The highest BCUT2D eigenvalue weighted by Gasteiger charge is 2.16. The van der Waals surface area contributed by atoms with Crippen molar-refractivity contribution in [3.8, 4) is 0 Å². The molecule has 1 heterocycles. The molecule has 0 atom stereocenters. The molecular weight excluding hydrogens is 204 g/mol. The van der Waals surface area contributed by atoms with E-state index >= 15 is 0 Å². The second kappa shape index (κ2) is 5.07. The summed E-state index contributed by atoms with van der Waals surface area (Å²) in [5.74, 6) is -0.0684. The Kier molecular flexibility index (Phi) is 4.01. The predicted molar refractivity (Wildman–Crippen MR) is 63.4 cm³/mol. The van der Waals surface area contributed by atoms with Crippen LogP contribution in [0.1, 0.15) is 20.8 Å². The number of anilines is 1. The first-order chi connectivity index (χ1) is 7.40.